The van der Waals surface area contributed by atoms with Crippen LogP contribution in [0.5, 0.6) is 0 Å². The largest absolute Gasteiger partial charge is 0.491 e. The first-order chi connectivity index (χ1) is 8.20. The van der Waals surface area contributed by atoms with E-state index in [2.05, 4.69) is 9.97 Å². The first-order valence-electron chi connectivity index (χ1n) is 5.36. The molecule has 1 aromatic rings. The lowest BCUT2D eigenvalue weighted by atomic mass is 9.83. The highest BCUT2D eigenvalue weighted by Gasteiger charge is 2.22. The van der Waals surface area contributed by atoms with E-state index in [1.807, 2.05) is 4.90 Å². The van der Waals surface area contributed by atoms with E-state index in [0.717, 1.165) is 0 Å². The summed E-state index contributed by atoms with van der Waals surface area (Å²) in [6.45, 7) is 1.65. The fourth-order valence-electron chi connectivity index (χ4n) is 1.64. The van der Waals surface area contributed by atoms with Crippen LogP contribution in [0.15, 0.2) is 12.4 Å². The van der Waals surface area contributed by atoms with Gasteiger partial charge in [0.2, 0.25) is 5.95 Å². The summed E-state index contributed by atoms with van der Waals surface area (Å²) in [4.78, 5) is 9.99. The molecule has 1 aliphatic rings. The van der Waals surface area contributed by atoms with Gasteiger partial charge in [0.05, 0.1) is 19.3 Å². The van der Waals surface area contributed by atoms with Gasteiger partial charge >= 0.3 is 7.12 Å². The van der Waals surface area contributed by atoms with Gasteiger partial charge < -0.3 is 24.8 Å². The highest BCUT2D eigenvalue weighted by molar-refractivity contribution is 6.58. The topological polar surface area (TPSA) is 98.9 Å². The van der Waals surface area contributed by atoms with Crippen molar-refractivity contribution in [2.75, 3.05) is 31.2 Å². The molecule has 1 aliphatic heterocycles. The van der Waals surface area contributed by atoms with Crippen LogP contribution in [-0.4, -0.2) is 64.6 Å². The molecule has 0 saturated carbocycles. The molecule has 3 N–H and O–H groups in total. The Labute approximate surface area is 98.8 Å². The summed E-state index contributed by atoms with van der Waals surface area (Å²) < 4.78 is 5.31. The van der Waals surface area contributed by atoms with Crippen LogP contribution in [0.4, 0.5) is 5.95 Å². The number of morpholine rings is 1. The number of hydrogen-bond acceptors (Lipinski definition) is 7. The van der Waals surface area contributed by atoms with Gasteiger partial charge in [-0.15, -0.1) is 0 Å². The van der Waals surface area contributed by atoms with Gasteiger partial charge in [-0.1, -0.05) is 0 Å². The quantitative estimate of drug-likeness (QED) is 0.495. The van der Waals surface area contributed by atoms with Crippen molar-refractivity contribution >= 4 is 18.5 Å². The van der Waals surface area contributed by atoms with Crippen molar-refractivity contribution in [1.29, 1.82) is 0 Å². The molecule has 8 heteroatoms. The molecule has 0 aliphatic carbocycles. The number of anilines is 1. The second-order valence-electron chi connectivity index (χ2n) is 3.81. The third-order valence-electron chi connectivity index (χ3n) is 2.58. The molecule has 1 fully saturated rings. The van der Waals surface area contributed by atoms with Gasteiger partial charge in [-0.2, -0.15) is 0 Å². The third kappa shape index (κ3) is 2.92. The second kappa shape index (κ2) is 5.41. The normalized spacial score (nSPS) is 20.4. The van der Waals surface area contributed by atoms with Crippen molar-refractivity contribution in [3.8, 4) is 0 Å². The molecule has 2 rings (SSSR count). The van der Waals surface area contributed by atoms with Crippen LogP contribution in [0, 0.1) is 0 Å². The Kier molecular flexibility index (Phi) is 3.90. The van der Waals surface area contributed by atoms with E-state index in [4.69, 9.17) is 19.9 Å². The molecule has 17 heavy (non-hydrogen) atoms. The number of nitrogens with zero attached hydrogens (tertiary/aromatic N) is 3. The predicted octanol–water partition coefficient (Wildman–Crippen LogP) is -2.65. The number of aromatic nitrogens is 2. The summed E-state index contributed by atoms with van der Waals surface area (Å²) >= 11 is 0. The van der Waals surface area contributed by atoms with Crippen LogP contribution < -0.4 is 10.4 Å². The van der Waals surface area contributed by atoms with E-state index >= 15 is 0 Å². The molecule has 0 spiro atoms. The van der Waals surface area contributed by atoms with E-state index in [1.165, 1.54) is 12.4 Å². The Hall–Kier alpha value is -1.22. The summed E-state index contributed by atoms with van der Waals surface area (Å²) in [5.41, 5.74) is 0.251. The highest BCUT2D eigenvalue weighted by Crippen LogP contribution is 2.10. The summed E-state index contributed by atoms with van der Waals surface area (Å²) in [5.74, 6) is 0.496. The van der Waals surface area contributed by atoms with Crippen molar-refractivity contribution in [1.82, 2.24) is 9.97 Å². The number of ether oxygens (including phenoxy) is 1. The van der Waals surface area contributed by atoms with E-state index in [1.54, 1.807) is 0 Å². The minimum atomic E-state index is -1.56. The van der Waals surface area contributed by atoms with Crippen LogP contribution in [-0.2, 0) is 4.74 Å². The Morgan fingerprint density at radius 2 is 2.12 bits per heavy atom. The zero-order valence-electron chi connectivity index (χ0n) is 9.23. The molecule has 1 aromatic heterocycles. The standard InChI is InChI=1S/C9H14BN3O4/c14-6-8-5-13(1-2-17-8)9-11-3-7(4-12-9)10(15)16/h3-4,8,14-16H,1-2,5-6H2/t8-/m0/s1. The van der Waals surface area contributed by atoms with Gasteiger partial charge in [0.15, 0.2) is 0 Å². The molecule has 92 valence electrons. The first kappa shape index (κ1) is 12.2. The monoisotopic (exact) mass is 239 g/mol. The van der Waals surface area contributed by atoms with E-state index < -0.39 is 7.12 Å². The van der Waals surface area contributed by atoms with Crippen LogP contribution in [0.1, 0.15) is 0 Å². The Morgan fingerprint density at radius 3 is 2.71 bits per heavy atom. The van der Waals surface area contributed by atoms with E-state index in [9.17, 15) is 0 Å². The van der Waals surface area contributed by atoms with Gasteiger partial charge in [0.25, 0.3) is 0 Å². The van der Waals surface area contributed by atoms with Crippen molar-refractivity contribution in [2.24, 2.45) is 0 Å². The number of rotatable bonds is 3. The van der Waals surface area contributed by atoms with Gasteiger partial charge in [-0.25, -0.2) is 9.97 Å². The Balaban J connectivity index is 2.06. The van der Waals surface area contributed by atoms with Gasteiger partial charge in [-0.05, 0) is 0 Å². The summed E-state index contributed by atoms with van der Waals surface area (Å²) in [7, 11) is -1.56. The fourth-order valence-corrected chi connectivity index (χ4v) is 1.64. The van der Waals surface area contributed by atoms with Crippen molar-refractivity contribution in [2.45, 2.75) is 6.10 Å². The van der Waals surface area contributed by atoms with Gasteiger partial charge in [-0.3, -0.25) is 0 Å². The first-order valence-corrected chi connectivity index (χ1v) is 5.36. The number of hydrogen-bond donors (Lipinski definition) is 3. The number of aliphatic hydroxyl groups is 1. The summed E-state index contributed by atoms with van der Waals surface area (Å²) in [6.07, 6.45) is 2.52. The lowest BCUT2D eigenvalue weighted by Crippen LogP contribution is -2.45. The zero-order valence-corrected chi connectivity index (χ0v) is 9.23. The number of aliphatic hydroxyl groups excluding tert-OH is 1. The fraction of sp³-hybridized carbons (Fsp3) is 0.556. The lowest BCUT2D eigenvalue weighted by molar-refractivity contribution is 0.00314. The molecule has 7 nitrogen and oxygen atoms in total. The molecule has 0 amide bonds. The molecular formula is C9H14BN3O4. The summed E-state index contributed by atoms with van der Waals surface area (Å²) in [5, 5.41) is 26.8. The SMILES string of the molecule is OC[C@@H]1CN(c2ncc(B(O)O)cn2)CCO1. The van der Waals surface area contributed by atoms with Crippen LogP contribution in [0.3, 0.4) is 0 Å². The minimum Gasteiger partial charge on any atom is -0.423 e. The molecule has 1 atom stereocenters. The Bertz CT molecular complexity index is 362. The van der Waals surface area contributed by atoms with Crippen molar-refractivity contribution in [3.05, 3.63) is 12.4 Å². The smallest absolute Gasteiger partial charge is 0.423 e. The average Bonchev–Trinajstić information content (AvgIpc) is 2.39. The van der Waals surface area contributed by atoms with Crippen LogP contribution in [0.25, 0.3) is 0 Å². The maximum absolute atomic E-state index is 9.01. The van der Waals surface area contributed by atoms with Crippen molar-refractivity contribution < 1.29 is 19.9 Å². The predicted molar refractivity (Wildman–Crippen MR) is 60.9 cm³/mol. The van der Waals surface area contributed by atoms with Gasteiger partial charge in [0.1, 0.15) is 0 Å². The maximum Gasteiger partial charge on any atom is 0.491 e. The maximum atomic E-state index is 9.01. The van der Waals surface area contributed by atoms with Gasteiger partial charge in [0, 0.05) is 30.9 Å². The molecule has 2 heterocycles. The minimum absolute atomic E-state index is 0.0378. The molecule has 0 radical (unpaired) electrons. The van der Waals surface area contributed by atoms with E-state index in [0.29, 0.717) is 25.6 Å². The third-order valence-corrected chi connectivity index (χ3v) is 2.58. The van der Waals surface area contributed by atoms with Crippen LogP contribution in [0.2, 0.25) is 0 Å². The average molecular weight is 239 g/mol. The molecule has 0 unspecified atom stereocenters. The Morgan fingerprint density at radius 1 is 1.41 bits per heavy atom. The zero-order chi connectivity index (χ0) is 12.3. The van der Waals surface area contributed by atoms with Crippen LogP contribution >= 0.6 is 0 Å². The molecule has 1 saturated heterocycles. The van der Waals surface area contributed by atoms with E-state index in [-0.39, 0.29) is 18.2 Å². The van der Waals surface area contributed by atoms with Crippen molar-refractivity contribution in [3.63, 3.8) is 0 Å². The molecule has 0 aromatic carbocycles. The summed E-state index contributed by atoms with van der Waals surface area (Å²) in [6, 6.07) is 0. The lowest BCUT2D eigenvalue weighted by Gasteiger charge is -2.31. The molecule has 0 bridgehead atoms. The second-order valence-corrected chi connectivity index (χ2v) is 3.81. The highest BCUT2D eigenvalue weighted by atomic mass is 16.5. The molecular weight excluding hydrogens is 225 g/mol.